The van der Waals surface area contributed by atoms with Gasteiger partial charge in [0.15, 0.2) is 0 Å². The molecule has 0 spiro atoms. The number of rotatable bonds is 6. The van der Waals surface area contributed by atoms with Crippen LogP contribution >= 0.6 is 34.5 Å². The van der Waals surface area contributed by atoms with Gasteiger partial charge in [-0.3, -0.25) is 5.10 Å². The molecule has 0 aliphatic rings. The average molecular weight is 433 g/mol. The normalized spacial score (nSPS) is 12.4. The van der Waals surface area contributed by atoms with E-state index >= 15 is 0 Å². The molecule has 0 aliphatic carbocycles. The Labute approximate surface area is 176 Å². The second-order valence-electron chi connectivity index (χ2n) is 6.59. The van der Waals surface area contributed by atoms with Crippen LogP contribution in [0.15, 0.2) is 36.4 Å². The van der Waals surface area contributed by atoms with Gasteiger partial charge in [-0.2, -0.15) is 5.10 Å². The average Bonchev–Trinajstić information content (AvgIpc) is 3.30. The molecule has 0 saturated carbocycles. The maximum atomic E-state index is 6.23. The summed E-state index contributed by atoms with van der Waals surface area (Å²) in [6, 6.07) is 11.5. The number of nitrogens with one attached hydrogen (secondary N) is 2. The molecule has 9 heteroatoms. The van der Waals surface area contributed by atoms with E-state index in [9.17, 15) is 0 Å². The monoisotopic (exact) mass is 432 g/mol. The summed E-state index contributed by atoms with van der Waals surface area (Å²) in [7, 11) is 0. The van der Waals surface area contributed by atoms with Crippen molar-refractivity contribution in [3.63, 3.8) is 0 Å². The van der Waals surface area contributed by atoms with Crippen molar-refractivity contribution in [1.82, 2.24) is 20.4 Å². The Hall–Kier alpha value is -2.19. The molecular formula is C19H18Cl2N6S. The van der Waals surface area contributed by atoms with Gasteiger partial charge in [-0.15, -0.1) is 10.2 Å². The smallest absolute Gasteiger partial charge is 0.206 e. The van der Waals surface area contributed by atoms with Crippen LogP contribution in [0.1, 0.15) is 11.3 Å². The second kappa shape index (κ2) is 8.05. The SMILES string of the molecule is Cc1[nH]nc2ccc(-c3nnc(NCC(N)Cc4ccc(Cl)c(Cl)c4)s3)cc12. The predicted octanol–water partition coefficient (Wildman–Crippen LogP) is 4.68. The number of nitrogens with two attached hydrogens (primary N) is 1. The highest BCUT2D eigenvalue weighted by molar-refractivity contribution is 7.18. The molecule has 0 saturated heterocycles. The lowest BCUT2D eigenvalue weighted by Crippen LogP contribution is -2.31. The molecular weight excluding hydrogens is 415 g/mol. The van der Waals surface area contributed by atoms with Crippen molar-refractivity contribution in [2.45, 2.75) is 19.4 Å². The first kappa shape index (κ1) is 19.1. The van der Waals surface area contributed by atoms with E-state index in [1.54, 1.807) is 6.07 Å². The Kier molecular flexibility index (Phi) is 5.50. The van der Waals surface area contributed by atoms with Gasteiger partial charge >= 0.3 is 0 Å². The molecule has 0 amide bonds. The van der Waals surface area contributed by atoms with E-state index in [2.05, 4.69) is 31.8 Å². The lowest BCUT2D eigenvalue weighted by molar-refractivity contribution is 0.698. The van der Waals surface area contributed by atoms with Crippen LogP contribution in [0.4, 0.5) is 5.13 Å². The summed E-state index contributed by atoms with van der Waals surface area (Å²) in [5.41, 5.74) is 10.3. The number of hydrogen-bond donors (Lipinski definition) is 3. The molecule has 1 atom stereocenters. The summed E-state index contributed by atoms with van der Waals surface area (Å²) in [5.74, 6) is 0. The molecule has 0 bridgehead atoms. The lowest BCUT2D eigenvalue weighted by atomic mass is 10.1. The van der Waals surface area contributed by atoms with E-state index < -0.39 is 0 Å². The molecule has 28 heavy (non-hydrogen) atoms. The van der Waals surface area contributed by atoms with Gasteiger partial charge in [-0.1, -0.05) is 40.6 Å². The van der Waals surface area contributed by atoms with E-state index in [1.165, 1.54) is 11.3 Å². The topological polar surface area (TPSA) is 92.5 Å². The summed E-state index contributed by atoms with van der Waals surface area (Å²) in [4.78, 5) is 0. The number of nitrogens with zero attached hydrogens (tertiary/aromatic N) is 3. The van der Waals surface area contributed by atoms with Gasteiger partial charge in [0, 0.05) is 29.2 Å². The van der Waals surface area contributed by atoms with E-state index in [0.717, 1.165) is 37.9 Å². The zero-order valence-electron chi connectivity index (χ0n) is 15.0. The highest BCUT2D eigenvalue weighted by Crippen LogP contribution is 2.29. The first-order valence-electron chi connectivity index (χ1n) is 8.71. The number of hydrogen-bond acceptors (Lipinski definition) is 6. The van der Waals surface area contributed by atoms with Crippen LogP contribution in [0.2, 0.25) is 10.0 Å². The van der Waals surface area contributed by atoms with Crippen molar-refractivity contribution in [2.75, 3.05) is 11.9 Å². The lowest BCUT2D eigenvalue weighted by Gasteiger charge is -2.12. The Morgan fingerprint density at radius 2 is 2.00 bits per heavy atom. The summed E-state index contributed by atoms with van der Waals surface area (Å²) < 4.78 is 0. The number of anilines is 1. The van der Waals surface area contributed by atoms with Crippen molar-refractivity contribution in [2.24, 2.45) is 5.73 Å². The predicted molar refractivity (Wildman–Crippen MR) is 116 cm³/mol. The minimum absolute atomic E-state index is 0.0884. The van der Waals surface area contributed by atoms with E-state index in [4.69, 9.17) is 28.9 Å². The summed E-state index contributed by atoms with van der Waals surface area (Å²) in [6.07, 6.45) is 0.686. The standard InChI is InChI=1S/C19H18Cl2N6S/c1-10-14-8-12(3-5-17(14)25-24-10)18-26-27-19(28-18)23-9-13(22)6-11-2-4-15(20)16(21)7-11/h2-5,7-8,13H,6,9,22H2,1H3,(H,23,27)(H,24,25). The van der Waals surface area contributed by atoms with Crippen molar-refractivity contribution in [1.29, 1.82) is 0 Å². The van der Waals surface area contributed by atoms with Gasteiger partial charge in [0.1, 0.15) is 5.01 Å². The maximum absolute atomic E-state index is 6.23. The number of aryl methyl sites for hydroxylation is 1. The first-order valence-corrected chi connectivity index (χ1v) is 10.3. The summed E-state index contributed by atoms with van der Waals surface area (Å²) in [6.45, 7) is 2.58. The number of aromatic nitrogens is 4. The fourth-order valence-corrected chi connectivity index (χ4v) is 4.01. The number of halogens is 2. The molecule has 4 rings (SSSR count). The van der Waals surface area contributed by atoms with Gasteiger partial charge < -0.3 is 11.1 Å². The van der Waals surface area contributed by atoms with Crippen molar-refractivity contribution in [3.05, 3.63) is 57.7 Å². The molecule has 2 heterocycles. The van der Waals surface area contributed by atoms with Crippen LogP contribution in [-0.2, 0) is 6.42 Å². The Morgan fingerprint density at radius 3 is 2.82 bits per heavy atom. The molecule has 1 unspecified atom stereocenters. The Balaban J connectivity index is 1.40. The van der Waals surface area contributed by atoms with Crippen molar-refractivity contribution < 1.29 is 0 Å². The molecule has 4 N–H and O–H groups in total. The minimum atomic E-state index is -0.0884. The van der Waals surface area contributed by atoms with Gasteiger partial charge in [0.2, 0.25) is 5.13 Å². The van der Waals surface area contributed by atoms with Crippen LogP contribution in [0.25, 0.3) is 21.5 Å². The van der Waals surface area contributed by atoms with Crippen LogP contribution in [-0.4, -0.2) is 33.0 Å². The maximum Gasteiger partial charge on any atom is 0.206 e. The van der Waals surface area contributed by atoms with Crippen LogP contribution in [0, 0.1) is 6.92 Å². The molecule has 0 fully saturated rings. The van der Waals surface area contributed by atoms with Gasteiger partial charge in [-0.25, -0.2) is 0 Å². The highest BCUT2D eigenvalue weighted by Gasteiger charge is 2.11. The number of benzene rings is 2. The zero-order valence-corrected chi connectivity index (χ0v) is 17.4. The third-order valence-electron chi connectivity index (χ3n) is 4.41. The molecule has 2 aromatic heterocycles. The summed E-state index contributed by atoms with van der Waals surface area (Å²) >= 11 is 13.5. The largest absolute Gasteiger partial charge is 0.359 e. The third kappa shape index (κ3) is 4.12. The molecule has 0 radical (unpaired) electrons. The highest BCUT2D eigenvalue weighted by atomic mass is 35.5. The summed E-state index contributed by atoms with van der Waals surface area (Å²) in [5, 5.41) is 22.8. The van der Waals surface area contributed by atoms with Crippen LogP contribution < -0.4 is 11.1 Å². The fraction of sp³-hybridized carbons (Fsp3) is 0.211. The Bertz CT molecular complexity index is 1120. The molecule has 2 aromatic carbocycles. The van der Waals surface area contributed by atoms with Gasteiger partial charge in [-0.05, 0) is 49.2 Å². The third-order valence-corrected chi connectivity index (χ3v) is 6.08. The van der Waals surface area contributed by atoms with Gasteiger partial charge in [0.05, 0.1) is 15.6 Å². The Morgan fingerprint density at radius 1 is 1.14 bits per heavy atom. The van der Waals surface area contributed by atoms with E-state index in [0.29, 0.717) is 23.0 Å². The number of H-pyrrole nitrogens is 1. The molecule has 144 valence electrons. The second-order valence-corrected chi connectivity index (χ2v) is 8.38. The van der Waals surface area contributed by atoms with Crippen LogP contribution in [0.5, 0.6) is 0 Å². The molecule has 4 aromatic rings. The zero-order chi connectivity index (χ0) is 19.7. The fourth-order valence-electron chi connectivity index (χ4n) is 2.94. The number of fused-ring (bicyclic) bond motifs is 1. The van der Waals surface area contributed by atoms with Crippen molar-refractivity contribution >= 4 is 50.6 Å². The van der Waals surface area contributed by atoms with Crippen LogP contribution in [0.3, 0.4) is 0 Å². The molecule has 6 nitrogen and oxygen atoms in total. The van der Waals surface area contributed by atoms with Crippen molar-refractivity contribution in [3.8, 4) is 10.6 Å². The first-order chi connectivity index (χ1) is 13.5. The van der Waals surface area contributed by atoms with Gasteiger partial charge in [0.25, 0.3) is 0 Å². The van der Waals surface area contributed by atoms with E-state index in [1.807, 2.05) is 31.2 Å². The quantitative estimate of drug-likeness (QED) is 0.411. The number of aromatic amines is 1. The minimum Gasteiger partial charge on any atom is -0.359 e. The van der Waals surface area contributed by atoms with E-state index in [-0.39, 0.29) is 6.04 Å². The molecule has 0 aliphatic heterocycles.